The lowest BCUT2D eigenvalue weighted by Gasteiger charge is -2.34. The van der Waals surface area contributed by atoms with Gasteiger partial charge in [-0.3, -0.25) is 9.78 Å². The van der Waals surface area contributed by atoms with Crippen molar-refractivity contribution in [1.82, 2.24) is 4.98 Å². The summed E-state index contributed by atoms with van der Waals surface area (Å²) < 4.78 is 5.68. The number of carbonyl (C=O) groups excluding carboxylic acids is 1. The SMILES string of the molecule is COC1(C(=O)c2cccc3cnccc23)CCCCC1. The second kappa shape index (κ2) is 5.33. The fraction of sp³-hybridized carbons (Fsp3) is 0.412. The third kappa shape index (κ3) is 2.12. The number of aromatic nitrogens is 1. The molecule has 0 bridgehead atoms. The van der Waals surface area contributed by atoms with Crippen LogP contribution in [0.5, 0.6) is 0 Å². The van der Waals surface area contributed by atoms with Gasteiger partial charge in [-0.05, 0) is 24.3 Å². The van der Waals surface area contributed by atoms with Crippen molar-refractivity contribution in [2.75, 3.05) is 7.11 Å². The number of hydrogen-bond donors (Lipinski definition) is 0. The minimum Gasteiger partial charge on any atom is -0.370 e. The highest BCUT2D eigenvalue weighted by molar-refractivity contribution is 6.11. The number of rotatable bonds is 3. The number of carbonyl (C=O) groups is 1. The van der Waals surface area contributed by atoms with Gasteiger partial charge in [0.15, 0.2) is 5.78 Å². The maximum Gasteiger partial charge on any atom is 0.195 e. The van der Waals surface area contributed by atoms with Gasteiger partial charge in [0.25, 0.3) is 0 Å². The van der Waals surface area contributed by atoms with E-state index in [2.05, 4.69) is 4.98 Å². The predicted molar refractivity (Wildman–Crippen MR) is 78.9 cm³/mol. The Balaban J connectivity index is 2.08. The first kappa shape index (κ1) is 13.3. The zero-order chi connectivity index (χ0) is 14.0. The highest BCUT2D eigenvalue weighted by Gasteiger charge is 2.40. The maximum absolute atomic E-state index is 13.0. The van der Waals surface area contributed by atoms with Crippen LogP contribution in [-0.2, 0) is 4.74 Å². The Morgan fingerprint density at radius 1 is 1.20 bits per heavy atom. The Kier molecular flexibility index (Phi) is 3.53. The van der Waals surface area contributed by atoms with Crippen LogP contribution in [-0.4, -0.2) is 23.5 Å². The highest BCUT2D eigenvalue weighted by Crippen LogP contribution is 2.35. The quantitative estimate of drug-likeness (QED) is 0.796. The van der Waals surface area contributed by atoms with Gasteiger partial charge < -0.3 is 4.74 Å². The minimum absolute atomic E-state index is 0.122. The molecule has 0 unspecified atom stereocenters. The normalized spacial score (nSPS) is 18.1. The number of fused-ring (bicyclic) bond motifs is 1. The number of hydrogen-bond acceptors (Lipinski definition) is 3. The molecule has 3 heteroatoms. The van der Waals surface area contributed by atoms with E-state index in [0.29, 0.717) is 0 Å². The number of Topliss-reactive ketones (excluding diaryl/α,β-unsaturated/α-hetero) is 1. The van der Waals surface area contributed by atoms with E-state index in [-0.39, 0.29) is 5.78 Å². The van der Waals surface area contributed by atoms with Crippen molar-refractivity contribution in [2.24, 2.45) is 0 Å². The Morgan fingerprint density at radius 2 is 2.00 bits per heavy atom. The number of ketones is 1. The molecule has 1 saturated carbocycles. The predicted octanol–water partition coefficient (Wildman–Crippen LogP) is 3.77. The first-order valence-electron chi connectivity index (χ1n) is 7.19. The van der Waals surface area contributed by atoms with Gasteiger partial charge in [0, 0.05) is 30.5 Å². The molecule has 0 N–H and O–H groups in total. The number of nitrogens with zero attached hydrogens (tertiary/aromatic N) is 1. The summed E-state index contributed by atoms with van der Waals surface area (Å²) in [5.41, 5.74) is 0.129. The summed E-state index contributed by atoms with van der Waals surface area (Å²) >= 11 is 0. The van der Waals surface area contributed by atoms with E-state index >= 15 is 0 Å². The monoisotopic (exact) mass is 269 g/mol. The van der Waals surface area contributed by atoms with Crippen molar-refractivity contribution >= 4 is 16.6 Å². The van der Waals surface area contributed by atoms with Crippen LogP contribution in [0.4, 0.5) is 0 Å². The van der Waals surface area contributed by atoms with Crippen LogP contribution in [0, 0.1) is 0 Å². The van der Waals surface area contributed by atoms with E-state index in [1.165, 1.54) is 6.42 Å². The lowest BCUT2D eigenvalue weighted by atomic mass is 9.78. The van der Waals surface area contributed by atoms with E-state index in [4.69, 9.17) is 4.74 Å². The van der Waals surface area contributed by atoms with Gasteiger partial charge in [0.05, 0.1) is 0 Å². The number of benzene rings is 1. The third-order valence-corrected chi connectivity index (χ3v) is 4.39. The van der Waals surface area contributed by atoms with Crippen LogP contribution in [0.15, 0.2) is 36.7 Å². The largest absolute Gasteiger partial charge is 0.370 e. The molecule has 104 valence electrons. The zero-order valence-corrected chi connectivity index (χ0v) is 11.8. The van der Waals surface area contributed by atoms with Crippen molar-refractivity contribution in [3.63, 3.8) is 0 Å². The number of pyridine rings is 1. The van der Waals surface area contributed by atoms with E-state index in [1.54, 1.807) is 19.5 Å². The Labute approximate surface area is 119 Å². The fourth-order valence-electron chi connectivity index (χ4n) is 3.21. The van der Waals surface area contributed by atoms with Gasteiger partial charge in [-0.2, -0.15) is 0 Å². The molecule has 1 aromatic carbocycles. The smallest absolute Gasteiger partial charge is 0.195 e. The topological polar surface area (TPSA) is 39.2 Å². The summed E-state index contributed by atoms with van der Waals surface area (Å²) in [5.74, 6) is 0.122. The Hall–Kier alpha value is -1.74. The third-order valence-electron chi connectivity index (χ3n) is 4.39. The average molecular weight is 269 g/mol. The lowest BCUT2D eigenvalue weighted by molar-refractivity contribution is -0.0192. The molecule has 1 fully saturated rings. The van der Waals surface area contributed by atoms with E-state index in [1.807, 2.05) is 24.3 Å². The van der Waals surface area contributed by atoms with Crippen molar-refractivity contribution in [2.45, 2.75) is 37.7 Å². The number of methoxy groups -OCH3 is 1. The van der Waals surface area contributed by atoms with E-state index in [9.17, 15) is 4.79 Å². The van der Waals surface area contributed by atoms with Crippen LogP contribution >= 0.6 is 0 Å². The first-order chi connectivity index (χ1) is 9.77. The van der Waals surface area contributed by atoms with Crippen molar-refractivity contribution in [3.8, 4) is 0 Å². The summed E-state index contributed by atoms with van der Waals surface area (Å²) in [7, 11) is 1.66. The van der Waals surface area contributed by atoms with Crippen LogP contribution in [0.2, 0.25) is 0 Å². The average Bonchev–Trinajstić information content (AvgIpc) is 2.54. The summed E-state index contributed by atoms with van der Waals surface area (Å²) in [6.07, 6.45) is 8.50. The maximum atomic E-state index is 13.0. The molecule has 1 aliphatic carbocycles. The van der Waals surface area contributed by atoms with Gasteiger partial charge in [-0.15, -0.1) is 0 Å². The summed E-state index contributed by atoms with van der Waals surface area (Å²) in [5, 5.41) is 1.97. The standard InChI is InChI=1S/C17H19NO2/c1-20-17(9-3-2-4-10-17)16(19)15-7-5-6-13-12-18-11-8-14(13)15/h5-8,11-12H,2-4,9-10H2,1H3. The fourth-order valence-corrected chi connectivity index (χ4v) is 3.21. The van der Waals surface area contributed by atoms with E-state index < -0.39 is 5.60 Å². The van der Waals surface area contributed by atoms with Gasteiger partial charge in [0.1, 0.15) is 5.60 Å². The Morgan fingerprint density at radius 3 is 2.75 bits per heavy atom. The van der Waals surface area contributed by atoms with Gasteiger partial charge >= 0.3 is 0 Å². The second-order valence-corrected chi connectivity index (χ2v) is 5.49. The van der Waals surface area contributed by atoms with Gasteiger partial charge in [-0.25, -0.2) is 0 Å². The second-order valence-electron chi connectivity index (χ2n) is 5.49. The molecular weight excluding hydrogens is 250 g/mol. The molecule has 20 heavy (non-hydrogen) atoms. The molecular formula is C17H19NO2. The zero-order valence-electron chi connectivity index (χ0n) is 11.8. The van der Waals surface area contributed by atoms with Crippen LogP contribution < -0.4 is 0 Å². The molecule has 0 spiro atoms. The molecule has 0 amide bonds. The molecule has 1 aromatic heterocycles. The van der Waals surface area contributed by atoms with Crippen molar-refractivity contribution in [3.05, 3.63) is 42.2 Å². The molecule has 2 aromatic rings. The van der Waals surface area contributed by atoms with Gasteiger partial charge in [0.2, 0.25) is 0 Å². The molecule has 0 aliphatic heterocycles. The molecule has 3 nitrogen and oxygen atoms in total. The van der Waals surface area contributed by atoms with Crippen molar-refractivity contribution < 1.29 is 9.53 Å². The van der Waals surface area contributed by atoms with Crippen LogP contribution in [0.25, 0.3) is 10.8 Å². The van der Waals surface area contributed by atoms with Crippen LogP contribution in [0.1, 0.15) is 42.5 Å². The van der Waals surface area contributed by atoms with E-state index in [0.717, 1.165) is 42.0 Å². The Bertz CT molecular complexity index is 624. The van der Waals surface area contributed by atoms with Gasteiger partial charge in [-0.1, -0.05) is 37.5 Å². The molecule has 0 atom stereocenters. The minimum atomic E-state index is -0.629. The van der Waals surface area contributed by atoms with Crippen molar-refractivity contribution in [1.29, 1.82) is 0 Å². The highest BCUT2D eigenvalue weighted by atomic mass is 16.5. The summed E-state index contributed by atoms with van der Waals surface area (Å²) in [6, 6.07) is 7.72. The molecule has 1 aliphatic rings. The summed E-state index contributed by atoms with van der Waals surface area (Å²) in [4.78, 5) is 17.1. The molecule has 0 saturated heterocycles. The molecule has 3 rings (SSSR count). The summed E-state index contributed by atoms with van der Waals surface area (Å²) in [6.45, 7) is 0. The molecule has 0 radical (unpaired) electrons. The lowest BCUT2D eigenvalue weighted by Crippen LogP contribution is -2.42. The number of ether oxygens (including phenoxy) is 1. The molecule has 1 heterocycles. The van der Waals surface area contributed by atoms with Crippen LogP contribution in [0.3, 0.4) is 0 Å². The first-order valence-corrected chi connectivity index (χ1v) is 7.19.